The van der Waals surface area contributed by atoms with Crippen LogP contribution in [-0.2, 0) is 9.53 Å². The predicted octanol–water partition coefficient (Wildman–Crippen LogP) is 0.244. The van der Waals surface area contributed by atoms with Crippen molar-refractivity contribution >= 4 is 18.1 Å². The maximum absolute atomic E-state index is 10.6. The lowest BCUT2D eigenvalue weighted by molar-refractivity contribution is -0.141. The maximum Gasteiger partial charge on any atom is 0.302 e. The monoisotopic (exact) mass is 294 g/mol. The van der Waals surface area contributed by atoms with Gasteiger partial charge in [0.25, 0.3) is 0 Å². The van der Waals surface area contributed by atoms with Gasteiger partial charge in [-0.1, -0.05) is 0 Å². The lowest BCUT2D eigenvalue weighted by Gasteiger charge is -2.11. The van der Waals surface area contributed by atoms with E-state index in [1.54, 1.807) is 18.2 Å². The summed E-state index contributed by atoms with van der Waals surface area (Å²) in [7, 11) is 1.52. The number of hydrogen-bond acceptors (Lipinski definition) is 6. The Hall–Kier alpha value is -2.77. The summed E-state index contributed by atoms with van der Waals surface area (Å²) in [5.74, 6) is 0.579. The van der Waals surface area contributed by atoms with E-state index in [4.69, 9.17) is 25.7 Å². The Morgan fingerprint density at radius 2 is 2.05 bits per heavy atom. The third kappa shape index (κ3) is 6.28. The van der Waals surface area contributed by atoms with Crippen molar-refractivity contribution in [3.05, 3.63) is 23.8 Å². The highest BCUT2D eigenvalue weighted by Gasteiger charge is 2.05. The van der Waals surface area contributed by atoms with Crippen LogP contribution in [0.25, 0.3) is 0 Å². The summed E-state index contributed by atoms with van der Waals surface area (Å²) in [4.78, 5) is 10.6. The van der Waals surface area contributed by atoms with Gasteiger partial charge in [-0.2, -0.15) is 5.10 Å². The molecule has 0 spiro atoms. The Morgan fingerprint density at radius 3 is 2.67 bits per heavy atom. The summed E-state index contributed by atoms with van der Waals surface area (Å²) < 4.78 is 15.4. The van der Waals surface area contributed by atoms with Crippen molar-refractivity contribution in [3.63, 3.8) is 0 Å². The third-order valence-electron chi connectivity index (χ3n) is 2.21. The normalized spacial score (nSPS) is 10.2. The van der Waals surface area contributed by atoms with Gasteiger partial charge in [-0.05, 0) is 23.8 Å². The van der Waals surface area contributed by atoms with Crippen LogP contribution in [0.2, 0.25) is 0 Å². The van der Waals surface area contributed by atoms with E-state index in [0.717, 1.165) is 5.56 Å². The van der Waals surface area contributed by atoms with E-state index in [1.165, 1.54) is 20.2 Å². The SMILES string of the molecule is COc1cc(C=NN=C(N)N)ccc1OCCOC(C)=O. The Balaban J connectivity index is 2.68. The van der Waals surface area contributed by atoms with Crippen LogP contribution in [0.5, 0.6) is 11.5 Å². The number of carbonyl (C=O) groups is 1. The summed E-state index contributed by atoms with van der Waals surface area (Å²) in [6.45, 7) is 1.74. The molecule has 8 nitrogen and oxygen atoms in total. The molecule has 0 atom stereocenters. The van der Waals surface area contributed by atoms with Crippen molar-refractivity contribution in [2.24, 2.45) is 21.7 Å². The Kier molecular flexibility index (Phi) is 6.52. The lowest BCUT2D eigenvalue weighted by Crippen LogP contribution is -2.21. The molecule has 0 fully saturated rings. The highest BCUT2D eigenvalue weighted by atomic mass is 16.6. The molecule has 0 radical (unpaired) electrons. The minimum Gasteiger partial charge on any atom is -0.493 e. The number of nitrogens with zero attached hydrogens (tertiary/aromatic N) is 2. The van der Waals surface area contributed by atoms with Crippen molar-refractivity contribution in [2.75, 3.05) is 20.3 Å². The second kappa shape index (κ2) is 8.41. The first-order valence-corrected chi connectivity index (χ1v) is 6.09. The molecule has 21 heavy (non-hydrogen) atoms. The minimum atomic E-state index is -0.350. The van der Waals surface area contributed by atoms with E-state index < -0.39 is 0 Å². The number of ether oxygens (including phenoxy) is 3. The summed E-state index contributed by atoms with van der Waals surface area (Å²) in [5, 5.41) is 7.20. The zero-order valence-electron chi connectivity index (χ0n) is 11.9. The summed E-state index contributed by atoms with van der Waals surface area (Å²) >= 11 is 0. The van der Waals surface area contributed by atoms with Gasteiger partial charge >= 0.3 is 5.97 Å². The van der Waals surface area contributed by atoms with Crippen molar-refractivity contribution < 1.29 is 19.0 Å². The van der Waals surface area contributed by atoms with Crippen molar-refractivity contribution in [1.82, 2.24) is 0 Å². The van der Waals surface area contributed by atoms with E-state index in [0.29, 0.717) is 11.5 Å². The van der Waals surface area contributed by atoms with Gasteiger partial charge in [0.15, 0.2) is 11.5 Å². The number of methoxy groups -OCH3 is 1. The van der Waals surface area contributed by atoms with Gasteiger partial charge in [0.1, 0.15) is 13.2 Å². The molecule has 8 heteroatoms. The number of carbonyl (C=O) groups excluding carboxylic acids is 1. The fourth-order valence-corrected chi connectivity index (χ4v) is 1.38. The Bertz CT molecular complexity index is 539. The molecular formula is C13H18N4O4. The number of esters is 1. The first kappa shape index (κ1) is 16.3. The molecule has 0 bridgehead atoms. The first-order chi connectivity index (χ1) is 10.0. The fraction of sp³-hybridized carbons (Fsp3) is 0.308. The number of benzene rings is 1. The highest BCUT2D eigenvalue weighted by Crippen LogP contribution is 2.27. The largest absolute Gasteiger partial charge is 0.493 e. The van der Waals surface area contributed by atoms with Crippen molar-refractivity contribution in [1.29, 1.82) is 0 Å². The van der Waals surface area contributed by atoms with Gasteiger partial charge in [-0.25, -0.2) is 0 Å². The average Bonchev–Trinajstić information content (AvgIpc) is 2.43. The van der Waals surface area contributed by atoms with Crippen LogP contribution in [0.1, 0.15) is 12.5 Å². The molecule has 0 aliphatic carbocycles. The van der Waals surface area contributed by atoms with E-state index in [9.17, 15) is 4.79 Å². The maximum atomic E-state index is 10.6. The number of guanidine groups is 1. The van der Waals surface area contributed by atoms with Crippen LogP contribution in [0.3, 0.4) is 0 Å². The van der Waals surface area contributed by atoms with Crippen LogP contribution in [0, 0.1) is 0 Å². The van der Waals surface area contributed by atoms with Crippen LogP contribution in [0.15, 0.2) is 28.4 Å². The molecule has 0 amide bonds. The molecule has 0 aliphatic heterocycles. The zero-order chi connectivity index (χ0) is 15.7. The molecule has 0 saturated carbocycles. The van der Waals surface area contributed by atoms with Crippen molar-refractivity contribution in [2.45, 2.75) is 6.92 Å². The Labute approximate surface area is 122 Å². The standard InChI is InChI=1S/C13H18N4O4/c1-9(18)20-5-6-21-11-4-3-10(7-12(11)19-2)8-16-17-13(14)15/h3-4,7-8H,5-6H2,1-2H3,(H4,14,15,17). The molecule has 0 aromatic heterocycles. The van der Waals surface area contributed by atoms with E-state index in [2.05, 4.69) is 10.2 Å². The molecule has 1 rings (SSSR count). The quantitative estimate of drug-likeness (QED) is 0.244. The molecule has 1 aromatic carbocycles. The second-order valence-corrected chi connectivity index (χ2v) is 3.87. The molecule has 114 valence electrons. The van der Waals surface area contributed by atoms with E-state index in [-0.39, 0.29) is 25.1 Å². The van der Waals surface area contributed by atoms with Gasteiger partial charge in [-0.3, -0.25) is 4.79 Å². The molecule has 1 aromatic rings. The minimum absolute atomic E-state index is 0.122. The summed E-state index contributed by atoms with van der Waals surface area (Å²) in [6.07, 6.45) is 1.48. The zero-order valence-corrected chi connectivity index (χ0v) is 11.9. The smallest absolute Gasteiger partial charge is 0.302 e. The van der Waals surface area contributed by atoms with Gasteiger partial charge < -0.3 is 25.7 Å². The molecule has 4 N–H and O–H groups in total. The van der Waals surface area contributed by atoms with E-state index >= 15 is 0 Å². The number of rotatable bonds is 7. The van der Waals surface area contributed by atoms with Gasteiger partial charge in [0.2, 0.25) is 5.96 Å². The average molecular weight is 294 g/mol. The molecular weight excluding hydrogens is 276 g/mol. The highest BCUT2D eigenvalue weighted by molar-refractivity contribution is 5.82. The van der Waals surface area contributed by atoms with Crippen LogP contribution < -0.4 is 20.9 Å². The third-order valence-corrected chi connectivity index (χ3v) is 2.21. The van der Waals surface area contributed by atoms with Gasteiger partial charge in [-0.15, -0.1) is 5.10 Å². The van der Waals surface area contributed by atoms with Crippen molar-refractivity contribution in [3.8, 4) is 11.5 Å². The predicted molar refractivity (Wildman–Crippen MR) is 78.5 cm³/mol. The first-order valence-electron chi connectivity index (χ1n) is 6.09. The second-order valence-electron chi connectivity index (χ2n) is 3.87. The van der Waals surface area contributed by atoms with E-state index in [1.807, 2.05) is 0 Å². The molecule has 0 heterocycles. The number of hydrogen-bond donors (Lipinski definition) is 2. The topological polar surface area (TPSA) is 122 Å². The van der Waals surface area contributed by atoms with Gasteiger partial charge in [0.05, 0.1) is 13.3 Å². The lowest BCUT2D eigenvalue weighted by atomic mass is 10.2. The molecule has 0 saturated heterocycles. The Morgan fingerprint density at radius 1 is 1.29 bits per heavy atom. The molecule has 0 unspecified atom stereocenters. The van der Waals surface area contributed by atoms with Crippen LogP contribution in [-0.4, -0.2) is 38.5 Å². The van der Waals surface area contributed by atoms with Gasteiger partial charge in [0, 0.05) is 6.92 Å². The fourth-order valence-electron chi connectivity index (χ4n) is 1.38. The summed E-state index contributed by atoms with van der Waals surface area (Å²) in [5.41, 5.74) is 11.1. The number of nitrogens with two attached hydrogens (primary N) is 2. The molecule has 0 aliphatic rings. The van der Waals surface area contributed by atoms with Crippen LogP contribution in [0.4, 0.5) is 0 Å². The van der Waals surface area contributed by atoms with Crippen LogP contribution >= 0.6 is 0 Å². The summed E-state index contributed by atoms with van der Waals surface area (Å²) in [6, 6.07) is 5.19.